The van der Waals surface area contributed by atoms with Crippen molar-refractivity contribution in [1.29, 1.82) is 0 Å². The molecule has 4 heteroatoms. The maximum atomic E-state index is 9.21. The van der Waals surface area contributed by atoms with Crippen LogP contribution >= 0.6 is 0 Å². The predicted octanol–water partition coefficient (Wildman–Crippen LogP) is 1.89. The number of benzene rings is 1. The van der Waals surface area contributed by atoms with E-state index in [2.05, 4.69) is 34.3 Å². The van der Waals surface area contributed by atoms with Crippen molar-refractivity contribution in [2.45, 2.75) is 38.3 Å². The van der Waals surface area contributed by atoms with Gasteiger partial charge in [-0.1, -0.05) is 24.3 Å². The smallest absolute Gasteiger partial charge is 0.152 e. The Bertz CT molecular complexity index is 535. The highest BCUT2D eigenvalue weighted by Crippen LogP contribution is 2.32. The quantitative estimate of drug-likeness (QED) is 0.895. The number of aromatic nitrogens is 3. The Hall–Kier alpha value is -1.68. The van der Waals surface area contributed by atoms with Crippen molar-refractivity contribution in [2.24, 2.45) is 0 Å². The number of hydrogen-bond donors (Lipinski definition) is 1. The van der Waals surface area contributed by atoms with Crippen LogP contribution in [-0.4, -0.2) is 19.9 Å². The van der Waals surface area contributed by atoms with Crippen LogP contribution in [0.5, 0.6) is 0 Å². The van der Waals surface area contributed by atoms with Gasteiger partial charge in [0.05, 0.1) is 0 Å². The summed E-state index contributed by atoms with van der Waals surface area (Å²) in [5, 5.41) is 13.4. The molecule has 1 aliphatic carbocycles. The Labute approximate surface area is 106 Å². The molecule has 0 saturated carbocycles. The van der Waals surface area contributed by atoms with Gasteiger partial charge in [0, 0.05) is 12.5 Å². The summed E-state index contributed by atoms with van der Waals surface area (Å²) in [4.78, 5) is 4.06. The fourth-order valence-electron chi connectivity index (χ4n) is 2.82. The summed E-state index contributed by atoms with van der Waals surface area (Å²) in [6.45, 7) is 0.765. The van der Waals surface area contributed by atoms with E-state index in [-0.39, 0.29) is 6.61 Å². The van der Waals surface area contributed by atoms with Gasteiger partial charge >= 0.3 is 0 Å². The second-order valence-electron chi connectivity index (χ2n) is 4.80. The molecule has 1 aromatic heterocycles. The monoisotopic (exact) mass is 243 g/mol. The third-order valence-electron chi connectivity index (χ3n) is 3.72. The third-order valence-corrected chi connectivity index (χ3v) is 3.72. The zero-order valence-corrected chi connectivity index (χ0v) is 10.3. The maximum absolute atomic E-state index is 9.21. The average molecular weight is 243 g/mol. The molecule has 0 aliphatic heterocycles. The lowest BCUT2D eigenvalue weighted by molar-refractivity contribution is 0.259. The molecule has 1 atom stereocenters. The number of aryl methyl sites for hydroxylation is 1. The first-order valence-electron chi connectivity index (χ1n) is 6.44. The molecule has 0 amide bonds. The van der Waals surface area contributed by atoms with Crippen LogP contribution < -0.4 is 0 Å². The van der Waals surface area contributed by atoms with Crippen LogP contribution in [0.1, 0.15) is 35.7 Å². The van der Waals surface area contributed by atoms with Crippen molar-refractivity contribution in [1.82, 2.24) is 14.8 Å². The Morgan fingerprint density at radius 2 is 2.22 bits per heavy atom. The van der Waals surface area contributed by atoms with E-state index in [0.29, 0.717) is 11.7 Å². The summed E-state index contributed by atoms with van der Waals surface area (Å²) in [5.74, 6) is 1.14. The molecule has 3 rings (SSSR count). The van der Waals surface area contributed by atoms with Gasteiger partial charge in [-0.2, -0.15) is 5.10 Å². The largest absolute Gasteiger partial charge is 0.388 e. The van der Waals surface area contributed by atoms with E-state index in [1.54, 1.807) is 0 Å². The average Bonchev–Trinajstić information content (AvgIpc) is 2.86. The zero-order chi connectivity index (χ0) is 12.4. The number of aliphatic hydroxyl groups excluding tert-OH is 1. The van der Waals surface area contributed by atoms with E-state index in [4.69, 9.17) is 0 Å². The fraction of sp³-hybridized carbons (Fsp3) is 0.429. The molecule has 2 aromatic rings. The van der Waals surface area contributed by atoms with E-state index in [1.165, 1.54) is 36.7 Å². The third kappa shape index (κ3) is 2.04. The highest BCUT2D eigenvalue weighted by atomic mass is 16.3. The summed E-state index contributed by atoms with van der Waals surface area (Å²) in [6, 6.07) is 8.64. The lowest BCUT2D eigenvalue weighted by atomic mass is 9.83. The molecule has 94 valence electrons. The minimum absolute atomic E-state index is 0.0473. The first-order valence-corrected chi connectivity index (χ1v) is 6.44. The Kier molecular flexibility index (Phi) is 3.11. The van der Waals surface area contributed by atoms with Crippen LogP contribution in [0.3, 0.4) is 0 Å². The van der Waals surface area contributed by atoms with Crippen LogP contribution in [0.2, 0.25) is 0 Å². The van der Waals surface area contributed by atoms with E-state index in [1.807, 2.05) is 4.68 Å². The highest BCUT2D eigenvalue weighted by molar-refractivity contribution is 5.32. The van der Waals surface area contributed by atoms with E-state index >= 15 is 0 Å². The van der Waals surface area contributed by atoms with Crippen LogP contribution in [0.15, 0.2) is 30.6 Å². The van der Waals surface area contributed by atoms with Gasteiger partial charge in [-0.05, 0) is 30.4 Å². The second kappa shape index (κ2) is 4.90. The Morgan fingerprint density at radius 3 is 3.11 bits per heavy atom. The molecular weight excluding hydrogens is 226 g/mol. The first kappa shape index (κ1) is 11.4. The highest BCUT2D eigenvalue weighted by Gasteiger charge is 2.21. The van der Waals surface area contributed by atoms with Gasteiger partial charge in [0.25, 0.3) is 0 Å². The molecule has 0 radical (unpaired) electrons. The molecule has 18 heavy (non-hydrogen) atoms. The second-order valence-corrected chi connectivity index (χ2v) is 4.80. The summed E-state index contributed by atoms with van der Waals surface area (Å²) in [7, 11) is 0. The van der Waals surface area contributed by atoms with Crippen LogP contribution in [-0.2, 0) is 19.6 Å². The topological polar surface area (TPSA) is 50.9 Å². The lowest BCUT2D eigenvalue weighted by Crippen LogP contribution is -2.17. The van der Waals surface area contributed by atoms with E-state index < -0.39 is 0 Å². The zero-order valence-electron chi connectivity index (χ0n) is 10.3. The SMILES string of the molecule is OCc1ncnn1CC1CCCc2ccccc21. The normalized spacial score (nSPS) is 18.6. The molecule has 0 fully saturated rings. The molecule has 0 spiro atoms. The van der Waals surface area contributed by atoms with Crippen LogP contribution in [0, 0.1) is 0 Å². The number of nitrogens with zero attached hydrogens (tertiary/aromatic N) is 3. The molecule has 1 aromatic carbocycles. The van der Waals surface area contributed by atoms with Gasteiger partial charge in [-0.3, -0.25) is 0 Å². The summed E-state index contributed by atoms with van der Waals surface area (Å²) >= 11 is 0. The van der Waals surface area contributed by atoms with Gasteiger partial charge < -0.3 is 5.11 Å². The van der Waals surface area contributed by atoms with Crippen molar-refractivity contribution in [3.8, 4) is 0 Å². The fourth-order valence-corrected chi connectivity index (χ4v) is 2.82. The minimum atomic E-state index is -0.0473. The molecule has 0 bridgehead atoms. The van der Waals surface area contributed by atoms with Crippen LogP contribution in [0.25, 0.3) is 0 Å². The maximum Gasteiger partial charge on any atom is 0.152 e. The molecular formula is C14H17N3O. The summed E-state index contributed by atoms with van der Waals surface area (Å²) < 4.78 is 1.83. The van der Waals surface area contributed by atoms with E-state index in [9.17, 15) is 5.11 Å². The van der Waals surface area contributed by atoms with Crippen molar-refractivity contribution in [3.05, 3.63) is 47.5 Å². The summed E-state index contributed by atoms with van der Waals surface area (Å²) in [6.07, 6.45) is 5.10. The van der Waals surface area contributed by atoms with Gasteiger partial charge in [0.2, 0.25) is 0 Å². The first-order chi connectivity index (χ1) is 8.88. The number of fused-ring (bicyclic) bond motifs is 1. The molecule has 1 heterocycles. The Morgan fingerprint density at radius 1 is 1.33 bits per heavy atom. The van der Waals surface area contributed by atoms with Gasteiger partial charge in [-0.15, -0.1) is 0 Å². The lowest BCUT2D eigenvalue weighted by Gasteiger charge is -2.25. The van der Waals surface area contributed by atoms with Crippen molar-refractivity contribution in [3.63, 3.8) is 0 Å². The van der Waals surface area contributed by atoms with E-state index in [0.717, 1.165) is 6.54 Å². The number of hydrogen-bond acceptors (Lipinski definition) is 3. The standard InChI is InChI=1S/C14H17N3O/c18-9-14-15-10-16-17(14)8-12-6-3-5-11-4-1-2-7-13(11)12/h1-2,4,7,10,12,18H,3,5-6,8-9H2. The van der Waals surface area contributed by atoms with Crippen molar-refractivity contribution in [2.75, 3.05) is 0 Å². The molecule has 1 aliphatic rings. The van der Waals surface area contributed by atoms with Crippen LogP contribution in [0.4, 0.5) is 0 Å². The van der Waals surface area contributed by atoms with Crippen molar-refractivity contribution < 1.29 is 5.11 Å². The van der Waals surface area contributed by atoms with Gasteiger partial charge in [-0.25, -0.2) is 9.67 Å². The van der Waals surface area contributed by atoms with Gasteiger partial charge in [0.15, 0.2) is 5.82 Å². The number of aliphatic hydroxyl groups is 1. The molecule has 0 saturated heterocycles. The summed E-state index contributed by atoms with van der Waals surface area (Å²) in [5.41, 5.74) is 2.89. The molecule has 1 N–H and O–H groups in total. The minimum Gasteiger partial charge on any atom is -0.388 e. The molecule has 1 unspecified atom stereocenters. The molecule has 4 nitrogen and oxygen atoms in total. The predicted molar refractivity (Wildman–Crippen MR) is 68.1 cm³/mol. The van der Waals surface area contributed by atoms with Gasteiger partial charge in [0.1, 0.15) is 12.9 Å². The number of rotatable bonds is 3. The van der Waals surface area contributed by atoms with Crippen molar-refractivity contribution >= 4 is 0 Å². The Balaban J connectivity index is 1.86.